The number of likely N-dealkylation sites (tertiary alicyclic amines) is 1. The first-order valence-corrected chi connectivity index (χ1v) is 11.2. The fraction of sp³-hybridized carbons (Fsp3) is 0.435. The van der Waals surface area contributed by atoms with E-state index in [-0.39, 0.29) is 41.3 Å². The highest BCUT2D eigenvalue weighted by atomic mass is 19.2. The number of nitrogens with zero attached hydrogens (tertiary/aromatic N) is 5. The van der Waals surface area contributed by atoms with Gasteiger partial charge in [-0.3, -0.25) is 9.89 Å². The van der Waals surface area contributed by atoms with Crippen molar-refractivity contribution < 1.29 is 27.5 Å². The predicted octanol–water partition coefficient (Wildman–Crippen LogP) is 3.56. The summed E-state index contributed by atoms with van der Waals surface area (Å²) in [6.07, 6.45) is -0.525. The average Bonchev–Trinajstić information content (AvgIpc) is 3.54. The van der Waals surface area contributed by atoms with Gasteiger partial charge in [0.15, 0.2) is 23.0 Å². The molecule has 3 heterocycles. The molecule has 0 radical (unpaired) electrons. The van der Waals surface area contributed by atoms with E-state index in [1.54, 1.807) is 0 Å². The Morgan fingerprint density at radius 2 is 2.08 bits per heavy atom. The molecule has 190 valence electrons. The largest absolute Gasteiger partial charge is 0.391 e. The van der Waals surface area contributed by atoms with Crippen LogP contribution in [-0.2, 0) is 0 Å². The van der Waals surface area contributed by atoms with E-state index < -0.39 is 59.9 Å². The zero-order chi connectivity index (χ0) is 26.1. The van der Waals surface area contributed by atoms with Gasteiger partial charge in [-0.05, 0) is 19.8 Å². The Labute approximate surface area is 203 Å². The number of alkyl halides is 1. The van der Waals surface area contributed by atoms with E-state index >= 15 is 0 Å². The number of nitriles is 1. The molecule has 36 heavy (non-hydrogen) atoms. The summed E-state index contributed by atoms with van der Waals surface area (Å²) in [5, 5.41) is 29.2. The minimum absolute atomic E-state index is 0.153. The third kappa shape index (κ3) is 4.81. The number of aromatic amines is 1. The molecule has 3 N–H and O–H groups in total. The van der Waals surface area contributed by atoms with Crippen LogP contribution >= 0.6 is 0 Å². The molecule has 1 amide bonds. The second-order valence-electron chi connectivity index (χ2n) is 8.86. The van der Waals surface area contributed by atoms with Gasteiger partial charge < -0.3 is 15.3 Å². The van der Waals surface area contributed by atoms with Gasteiger partial charge in [0.05, 0.1) is 47.9 Å². The lowest BCUT2D eigenvalue weighted by atomic mass is 10.0. The maximum Gasteiger partial charge on any atom is 0.275 e. The van der Waals surface area contributed by atoms with Crippen LogP contribution in [0.4, 0.5) is 23.4 Å². The molecular formula is C23H23F4N7O2. The van der Waals surface area contributed by atoms with E-state index in [1.807, 2.05) is 0 Å². The Bertz CT molecular complexity index is 1300. The van der Waals surface area contributed by atoms with Crippen LogP contribution in [0.15, 0.2) is 42.0 Å². The monoisotopic (exact) mass is 505 g/mol. The minimum atomic E-state index is -1.54. The molecule has 0 aromatic carbocycles. The quantitative estimate of drug-likeness (QED) is 0.404. The van der Waals surface area contributed by atoms with Gasteiger partial charge in [0, 0.05) is 18.1 Å². The topological polar surface area (TPSA) is 131 Å². The number of amides is 1. The molecule has 2 aromatic rings. The third-order valence-corrected chi connectivity index (χ3v) is 6.32. The maximum absolute atomic E-state index is 14.6. The van der Waals surface area contributed by atoms with Crippen molar-refractivity contribution in [1.82, 2.24) is 25.1 Å². The second kappa shape index (κ2) is 10.1. The number of anilines is 1. The van der Waals surface area contributed by atoms with E-state index in [1.165, 1.54) is 6.33 Å². The van der Waals surface area contributed by atoms with E-state index in [0.29, 0.717) is 12.5 Å². The van der Waals surface area contributed by atoms with E-state index in [9.17, 15) is 27.5 Å². The summed E-state index contributed by atoms with van der Waals surface area (Å²) in [6, 6.07) is 0.352. The second-order valence-corrected chi connectivity index (χ2v) is 8.86. The van der Waals surface area contributed by atoms with E-state index in [0.717, 1.165) is 11.8 Å². The molecule has 0 spiro atoms. The van der Waals surface area contributed by atoms with Crippen LogP contribution in [0.2, 0.25) is 0 Å². The molecule has 2 fully saturated rings. The van der Waals surface area contributed by atoms with Crippen molar-refractivity contribution in [1.29, 1.82) is 5.26 Å². The molecule has 1 aliphatic carbocycles. The number of rotatable bonds is 6. The van der Waals surface area contributed by atoms with Crippen molar-refractivity contribution >= 4 is 22.8 Å². The molecule has 9 nitrogen and oxygen atoms in total. The highest BCUT2D eigenvalue weighted by Crippen LogP contribution is 2.35. The van der Waals surface area contributed by atoms with Crippen molar-refractivity contribution in [3.63, 3.8) is 0 Å². The number of fused-ring (bicyclic) bond motifs is 1. The molecule has 5 atom stereocenters. The van der Waals surface area contributed by atoms with Crippen LogP contribution < -0.4 is 5.32 Å². The fourth-order valence-electron chi connectivity index (χ4n) is 4.59. The van der Waals surface area contributed by atoms with E-state index in [2.05, 4.69) is 38.1 Å². The Hall–Kier alpha value is -3.79. The summed E-state index contributed by atoms with van der Waals surface area (Å²) in [6.45, 7) is 3.99. The lowest BCUT2D eigenvalue weighted by molar-refractivity contribution is 0.0743. The van der Waals surface area contributed by atoms with Gasteiger partial charge in [-0.2, -0.15) is 10.4 Å². The summed E-state index contributed by atoms with van der Waals surface area (Å²) >= 11 is 0. The number of carbonyl (C=O) groups excluding carboxylic acids is 1. The lowest BCUT2D eigenvalue weighted by Gasteiger charge is -2.25. The summed E-state index contributed by atoms with van der Waals surface area (Å²) in [7, 11) is 0. The first-order valence-electron chi connectivity index (χ1n) is 11.2. The van der Waals surface area contributed by atoms with Crippen LogP contribution in [0.25, 0.3) is 11.0 Å². The van der Waals surface area contributed by atoms with Crippen molar-refractivity contribution in [2.45, 2.75) is 50.5 Å². The number of allylic oxidation sites excluding steroid dienone is 3. The van der Waals surface area contributed by atoms with Crippen LogP contribution in [0.5, 0.6) is 0 Å². The fourth-order valence-corrected chi connectivity index (χ4v) is 4.59. The molecule has 1 aliphatic heterocycles. The van der Waals surface area contributed by atoms with Crippen molar-refractivity contribution in [2.75, 3.05) is 11.9 Å². The number of aliphatic hydroxyl groups excluding tert-OH is 1. The van der Waals surface area contributed by atoms with Crippen molar-refractivity contribution in [2.24, 2.45) is 5.92 Å². The summed E-state index contributed by atoms with van der Waals surface area (Å²) in [4.78, 5) is 22.6. The summed E-state index contributed by atoms with van der Waals surface area (Å²) in [5.74, 6) is -4.98. The van der Waals surface area contributed by atoms with Gasteiger partial charge in [0.2, 0.25) is 0 Å². The van der Waals surface area contributed by atoms with Crippen LogP contribution in [-0.4, -0.2) is 67.0 Å². The van der Waals surface area contributed by atoms with E-state index in [4.69, 9.17) is 5.26 Å². The van der Waals surface area contributed by atoms with Gasteiger partial charge in [0.1, 0.15) is 18.3 Å². The Balaban J connectivity index is 1.66. The normalized spacial score (nSPS) is 27.2. The molecule has 1 saturated heterocycles. The summed E-state index contributed by atoms with van der Waals surface area (Å²) in [5.41, 5.74) is -0.537. The average molecular weight is 505 g/mol. The van der Waals surface area contributed by atoms with Crippen LogP contribution in [0.3, 0.4) is 0 Å². The molecule has 1 saturated carbocycles. The Morgan fingerprint density at radius 3 is 2.75 bits per heavy atom. The van der Waals surface area contributed by atoms with Gasteiger partial charge in [-0.1, -0.05) is 6.58 Å². The van der Waals surface area contributed by atoms with Gasteiger partial charge in [0.25, 0.3) is 5.91 Å². The number of H-pyrrole nitrogens is 1. The first kappa shape index (κ1) is 25.3. The van der Waals surface area contributed by atoms with Crippen LogP contribution in [0.1, 0.15) is 36.7 Å². The molecule has 2 aliphatic rings. The van der Waals surface area contributed by atoms with Gasteiger partial charge in [-0.25, -0.2) is 27.5 Å². The SMILES string of the molecule is C=C(/C(F)=C(F)\C=C(/C)F)[C@H]1C[C@H](F)CN1C(=O)c1n[nH]c2ncnc(N[C@@H]3C[C@@H](C#N)C[C@H]3O)c12. The number of carbonyl (C=O) groups is 1. The Morgan fingerprint density at radius 1 is 1.33 bits per heavy atom. The number of nitrogens with one attached hydrogen (secondary N) is 2. The number of hydrogen-bond donors (Lipinski definition) is 3. The van der Waals surface area contributed by atoms with Crippen LogP contribution in [0, 0.1) is 17.2 Å². The maximum atomic E-state index is 14.6. The van der Waals surface area contributed by atoms with Crippen molar-refractivity contribution in [3.05, 3.63) is 47.7 Å². The number of halogens is 4. The molecule has 2 aromatic heterocycles. The predicted molar refractivity (Wildman–Crippen MR) is 121 cm³/mol. The lowest BCUT2D eigenvalue weighted by Crippen LogP contribution is -2.37. The first-order chi connectivity index (χ1) is 17.1. The third-order valence-electron chi connectivity index (χ3n) is 6.32. The highest BCUT2D eigenvalue weighted by molar-refractivity contribution is 6.08. The molecule has 4 rings (SSSR count). The molecule has 0 bridgehead atoms. The molecule has 13 heteroatoms. The van der Waals surface area contributed by atoms with Crippen molar-refractivity contribution in [3.8, 4) is 6.07 Å². The molecule has 0 unspecified atom stereocenters. The number of aliphatic hydroxyl groups is 1. The zero-order valence-corrected chi connectivity index (χ0v) is 19.2. The zero-order valence-electron chi connectivity index (χ0n) is 19.2. The summed E-state index contributed by atoms with van der Waals surface area (Å²) < 4.78 is 56.0. The minimum Gasteiger partial charge on any atom is -0.391 e. The molecular weight excluding hydrogens is 482 g/mol. The number of hydrogen-bond acceptors (Lipinski definition) is 7. The highest BCUT2D eigenvalue weighted by Gasteiger charge is 2.41. The van der Waals surface area contributed by atoms with Gasteiger partial charge in [-0.15, -0.1) is 0 Å². The standard InChI is InChI=1S/C23H23F4N7O2/c1-10(24)3-14(26)19(27)11(2)16-6-13(25)8-34(16)23(36)20-18-21(29-9-30-22(18)33-32-20)31-15-4-12(7-28)5-17(15)35/h3,9,12-13,15-17,35H,2,4-6,8H2,1H3,(H2,29,30,31,32,33)/b10-3+,19-14-/t12-,13+,15-,16-,17-/m1/s1. The smallest absolute Gasteiger partial charge is 0.275 e. The van der Waals surface area contributed by atoms with Gasteiger partial charge >= 0.3 is 0 Å². The number of aromatic nitrogens is 4. The Kier molecular flexibility index (Phi) is 7.07.